The molecule has 0 saturated heterocycles. The topological polar surface area (TPSA) is 44.5 Å². The van der Waals surface area contributed by atoms with Crippen molar-refractivity contribution in [3.8, 4) is 11.5 Å². The fourth-order valence-corrected chi connectivity index (χ4v) is 1.79. The summed E-state index contributed by atoms with van der Waals surface area (Å²) in [6.45, 7) is 1.54. The maximum absolute atomic E-state index is 5.82. The lowest BCUT2D eigenvalue weighted by atomic mass is 10.1. The zero-order valence-electron chi connectivity index (χ0n) is 10.4. The molecule has 1 saturated carbocycles. The van der Waals surface area contributed by atoms with Gasteiger partial charge in [-0.15, -0.1) is 0 Å². The maximum Gasteiger partial charge on any atom is 0.161 e. The number of benzene rings is 1. The number of aryl methyl sites for hydroxylation is 1. The molecule has 3 heteroatoms. The molecular formula is C14H21NO2. The molecule has 2 N–H and O–H groups in total. The van der Waals surface area contributed by atoms with Crippen LogP contribution < -0.4 is 15.2 Å². The second kappa shape index (κ2) is 5.92. The van der Waals surface area contributed by atoms with Crippen LogP contribution in [0.2, 0.25) is 0 Å². The molecule has 0 spiro atoms. The Morgan fingerprint density at radius 3 is 2.76 bits per heavy atom. The van der Waals surface area contributed by atoms with E-state index in [4.69, 9.17) is 15.2 Å². The predicted octanol–water partition coefficient (Wildman–Crippen LogP) is 2.38. The number of hydrogen-bond donors (Lipinski definition) is 1. The normalized spacial score (nSPS) is 14.7. The Bertz CT molecular complexity index is 361. The van der Waals surface area contributed by atoms with Crippen LogP contribution in [0.25, 0.3) is 0 Å². The standard InChI is InChI=1S/C14H21NO2/c1-16-13-7-6-11(3-2-8-15)9-14(13)17-10-12-4-5-12/h6-7,9,12H,2-5,8,10,15H2,1H3. The van der Waals surface area contributed by atoms with Crippen LogP contribution in [0.5, 0.6) is 11.5 Å². The van der Waals surface area contributed by atoms with Crippen LogP contribution in [0, 0.1) is 5.92 Å². The first kappa shape index (κ1) is 12.2. The number of methoxy groups -OCH3 is 1. The number of ether oxygens (including phenoxy) is 2. The fourth-order valence-electron chi connectivity index (χ4n) is 1.79. The van der Waals surface area contributed by atoms with Crippen molar-refractivity contribution in [3.63, 3.8) is 0 Å². The molecule has 0 amide bonds. The van der Waals surface area contributed by atoms with Gasteiger partial charge in [-0.2, -0.15) is 0 Å². The van der Waals surface area contributed by atoms with Gasteiger partial charge >= 0.3 is 0 Å². The molecule has 2 rings (SSSR count). The molecule has 1 aromatic carbocycles. The molecular weight excluding hydrogens is 214 g/mol. The Morgan fingerprint density at radius 2 is 2.12 bits per heavy atom. The number of rotatable bonds is 7. The van der Waals surface area contributed by atoms with Crippen LogP contribution in [0.15, 0.2) is 18.2 Å². The third kappa shape index (κ3) is 3.63. The SMILES string of the molecule is COc1ccc(CCCN)cc1OCC1CC1. The van der Waals surface area contributed by atoms with E-state index in [1.807, 2.05) is 6.07 Å². The van der Waals surface area contributed by atoms with Gasteiger partial charge in [-0.25, -0.2) is 0 Å². The van der Waals surface area contributed by atoms with Crippen LogP contribution in [0.3, 0.4) is 0 Å². The summed E-state index contributed by atoms with van der Waals surface area (Å²) in [5.41, 5.74) is 6.79. The van der Waals surface area contributed by atoms with E-state index in [-0.39, 0.29) is 0 Å². The first-order valence-electron chi connectivity index (χ1n) is 6.33. The maximum atomic E-state index is 5.82. The van der Waals surface area contributed by atoms with E-state index < -0.39 is 0 Å². The van der Waals surface area contributed by atoms with Gasteiger partial charge in [0.2, 0.25) is 0 Å². The lowest BCUT2D eigenvalue weighted by Gasteiger charge is -2.12. The van der Waals surface area contributed by atoms with E-state index in [1.165, 1.54) is 18.4 Å². The van der Waals surface area contributed by atoms with Gasteiger partial charge in [0, 0.05) is 0 Å². The van der Waals surface area contributed by atoms with Gasteiger partial charge < -0.3 is 15.2 Å². The Labute approximate surface area is 103 Å². The molecule has 1 fully saturated rings. The number of hydrogen-bond acceptors (Lipinski definition) is 3. The van der Waals surface area contributed by atoms with Crippen molar-refractivity contribution in [2.24, 2.45) is 11.7 Å². The van der Waals surface area contributed by atoms with Crippen molar-refractivity contribution < 1.29 is 9.47 Å². The largest absolute Gasteiger partial charge is 0.493 e. The molecule has 1 aromatic rings. The highest BCUT2D eigenvalue weighted by molar-refractivity contribution is 5.43. The van der Waals surface area contributed by atoms with Crippen molar-refractivity contribution in [2.75, 3.05) is 20.3 Å². The summed E-state index contributed by atoms with van der Waals surface area (Å²) in [5, 5.41) is 0. The molecule has 0 atom stereocenters. The van der Waals surface area contributed by atoms with Crippen LogP contribution in [-0.4, -0.2) is 20.3 Å². The van der Waals surface area contributed by atoms with E-state index in [9.17, 15) is 0 Å². The second-order valence-corrected chi connectivity index (χ2v) is 4.63. The Hall–Kier alpha value is -1.22. The minimum atomic E-state index is 0.726. The van der Waals surface area contributed by atoms with Crippen molar-refractivity contribution >= 4 is 0 Å². The first-order valence-corrected chi connectivity index (χ1v) is 6.33. The third-order valence-electron chi connectivity index (χ3n) is 3.07. The zero-order chi connectivity index (χ0) is 12.1. The molecule has 94 valence electrons. The summed E-state index contributed by atoms with van der Waals surface area (Å²) in [6, 6.07) is 6.14. The molecule has 0 aromatic heterocycles. The van der Waals surface area contributed by atoms with Crippen LogP contribution in [0.1, 0.15) is 24.8 Å². The molecule has 17 heavy (non-hydrogen) atoms. The summed E-state index contributed by atoms with van der Waals surface area (Å²) < 4.78 is 11.1. The lowest BCUT2D eigenvalue weighted by molar-refractivity contribution is 0.280. The van der Waals surface area contributed by atoms with E-state index in [2.05, 4.69) is 12.1 Å². The van der Waals surface area contributed by atoms with Gasteiger partial charge in [0.15, 0.2) is 11.5 Å². The molecule has 1 aliphatic rings. The van der Waals surface area contributed by atoms with Gasteiger partial charge in [-0.3, -0.25) is 0 Å². The van der Waals surface area contributed by atoms with E-state index in [1.54, 1.807) is 7.11 Å². The first-order chi connectivity index (χ1) is 8.33. The summed E-state index contributed by atoms with van der Waals surface area (Å²) in [5.74, 6) is 2.45. The van der Waals surface area contributed by atoms with Crippen LogP contribution in [-0.2, 0) is 6.42 Å². The quantitative estimate of drug-likeness (QED) is 0.789. The van der Waals surface area contributed by atoms with Gasteiger partial charge in [-0.1, -0.05) is 6.07 Å². The Morgan fingerprint density at radius 1 is 1.29 bits per heavy atom. The number of nitrogens with two attached hydrogens (primary N) is 1. The average molecular weight is 235 g/mol. The van der Waals surface area contributed by atoms with E-state index >= 15 is 0 Å². The van der Waals surface area contributed by atoms with Crippen molar-refractivity contribution in [3.05, 3.63) is 23.8 Å². The Kier molecular flexibility index (Phi) is 4.26. The summed E-state index contributed by atoms with van der Waals surface area (Å²) in [4.78, 5) is 0. The Balaban J connectivity index is 2.01. The van der Waals surface area contributed by atoms with E-state index in [0.717, 1.165) is 43.4 Å². The average Bonchev–Trinajstić information content (AvgIpc) is 3.18. The molecule has 0 bridgehead atoms. The fraction of sp³-hybridized carbons (Fsp3) is 0.571. The zero-order valence-corrected chi connectivity index (χ0v) is 10.4. The van der Waals surface area contributed by atoms with E-state index in [0.29, 0.717) is 0 Å². The molecule has 0 radical (unpaired) electrons. The molecule has 0 unspecified atom stereocenters. The highest BCUT2D eigenvalue weighted by Gasteiger charge is 2.22. The predicted molar refractivity (Wildman–Crippen MR) is 68.6 cm³/mol. The monoisotopic (exact) mass is 235 g/mol. The van der Waals surface area contributed by atoms with Gasteiger partial charge in [0.05, 0.1) is 13.7 Å². The highest BCUT2D eigenvalue weighted by atomic mass is 16.5. The van der Waals surface area contributed by atoms with Gasteiger partial charge in [0.25, 0.3) is 0 Å². The molecule has 1 aliphatic carbocycles. The minimum absolute atomic E-state index is 0.726. The lowest BCUT2D eigenvalue weighted by Crippen LogP contribution is -2.03. The van der Waals surface area contributed by atoms with Crippen molar-refractivity contribution in [1.29, 1.82) is 0 Å². The van der Waals surface area contributed by atoms with Crippen molar-refractivity contribution in [2.45, 2.75) is 25.7 Å². The highest BCUT2D eigenvalue weighted by Crippen LogP contribution is 2.33. The summed E-state index contributed by atoms with van der Waals surface area (Å²) in [6.07, 6.45) is 4.61. The van der Waals surface area contributed by atoms with Crippen LogP contribution in [0.4, 0.5) is 0 Å². The van der Waals surface area contributed by atoms with Gasteiger partial charge in [0.1, 0.15) is 0 Å². The second-order valence-electron chi connectivity index (χ2n) is 4.63. The van der Waals surface area contributed by atoms with Crippen LogP contribution >= 0.6 is 0 Å². The van der Waals surface area contributed by atoms with Gasteiger partial charge in [-0.05, 0) is 55.8 Å². The van der Waals surface area contributed by atoms with Crippen molar-refractivity contribution in [1.82, 2.24) is 0 Å². The smallest absolute Gasteiger partial charge is 0.161 e. The molecule has 3 nitrogen and oxygen atoms in total. The molecule has 0 heterocycles. The summed E-state index contributed by atoms with van der Waals surface area (Å²) >= 11 is 0. The summed E-state index contributed by atoms with van der Waals surface area (Å²) in [7, 11) is 1.68. The molecule has 0 aliphatic heterocycles. The minimum Gasteiger partial charge on any atom is -0.493 e. The third-order valence-corrected chi connectivity index (χ3v) is 3.07.